The Kier molecular flexibility index (Phi) is 4.36. The summed E-state index contributed by atoms with van der Waals surface area (Å²) in [4.78, 5) is 7.04. The van der Waals surface area contributed by atoms with Crippen molar-refractivity contribution in [3.05, 3.63) is 12.2 Å². The van der Waals surface area contributed by atoms with Crippen molar-refractivity contribution in [1.29, 1.82) is 0 Å². The minimum absolute atomic E-state index is 0.612. The van der Waals surface area contributed by atoms with Crippen LogP contribution in [-0.4, -0.2) is 44.8 Å². The maximum Gasteiger partial charge on any atom is 0.141 e. The molecule has 0 aromatic carbocycles. The largest absolute Gasteiger partial charge is 0.312 e. The Morgan fingerprint density at radius 2 is 2.20 bits per heavy atom. The summed E-state index contributed by atoms with van der Waals surface area (Å²) in [6, 6.07) is 1.49. The van der Waals surface area contributed by atoms with Crippen molar-refractivity contribution in [3.63, 3.8) is 0 Å². The minimum Gasteiger partial charge on any atom is -0.312 e. The van der Waals surface area contributed by atoms with Gasteiger partial charge in [-0.2, -0.15) is 5.10 Å². The molecule has 3 rings (SSSR count). The molecule has 0 spiro atoms. The average Bonchev–Trinajstić information content (AvgIpc) is 2.98. The molecule has 2 heterocycles. The lowest BCUT2D eigenvalue weighted by Gasteiger charge is -2.24. The summed E-state index contributed by atoms with van der Waals surface area (Å²) in [5.41, 5.74) is 0. The van der Waals surface area contributed by atoms with Crippen LogP contribution in [0.1, 0.15) is 45.4 Å². The molecule has 1 aromatic heterocycles. The molecule has 1 N–H and O–H groups in total. The van der Waals surface area contributed by atoms with E-state index in [9.17, 15) is 0 Å². The number of likely N-dealkylation sites (tertiary alicyclic amines) is 1. The van der Waals surface area contributed by atoms with E-state index in [1.807, 2.05) is 0 Å². The third-order valence-electron chi connectivity index (χ3n) is 4.30. The van der Waals surface area contributed by atoms with E-state index in [1.54, 1.807) is 6.33 Å². The zero-order valence-corrected chi connectivity index (χ0v) is 12.8. The SMILES string of the molecule is CC(C)Cn1ncnc1CN1CCCC1CNC1CC1. The zero-order valence-electron chi connectivity index (χ0n) is 12.8. The molecule has 1 aromatic rings. The van der Waals surface area contributed by atoms with Gasteiger partial charge in [0.2, 0.25) is 0 Å². The van der Waals surface area contributed by atoms with Crippen LogP contribution in [0.4, 0.5) is 0 Å². The molecular weight excluding hydrogens is 250 g/mol. The first-order valence-corrected chi connectivity index (χ1v) is 8.06. The van der Waals surface area contributed by atoms with Crippen molar-refractivity contribution in [2.75, 3.05) is 13.1 Å². The minimum atomic E-state index is 0.612. The maximum absolute atomic E-state index is 4.46. The van der Waals surface area contributed by atoms with E-state index in [-0.39, 0.29) is 0 Å². The number of hydrogen-bond acceptors (Lipinski definition) is 4. The molecule has 1 saturated heterocycles. The number of hydrogen-bond donors (Lipinski definition) is 1. The summed E-state index contributed by atoms with van der Waals surface area (Å²) in [5, 5.41) is 8.04. The topological polar surface area (TPSA) is 46.0 Å². The van der Waals surface area contributed by atoms with Gasteiger partial charge in [0.05, 0.1) is 6.54 Å². The Balaban J connectivity index is 1.56. The van der Waals surface area contributed by atoms with Crippen molar-refractivity contribution < 1.29 is 0 Å². The van der Waals surface area contributed by atoms with Crippen molar-refractivity contribution in [3.8, 4) is 0 Å². The van der Waals surface area contributed by atoms with Gasteiger partial charge in [0, 0.05) is 25.2 Å². The van der Waals surface area contributed by atoms with E-state index in [0.29, 0.717) is 12.0 Å². The van der Waals surface area contributed by atoms with Crippen LogP contribution < -0.4 is 5.32 Å². The molecule has 0 amide bonds. The van der Waals surface area contributed by atoms with Gasteiger partial charge in [-0.1, -0.05) is 13.8 Å². The van der Waals surface area contributed by atoms with Crippen LogP contribution in [0.3, 0.4) is 0 Å². The van der Waals surface area contributed by atoms with Crippen LogP contribution in [-0.2, 0) is 13.1 Å². The van der Waals surface area contributed by atoms with Crippen molar-refractivity contribution >= 4 is 0 Å². The molecule has 2 aliphatic rings. The number of nitrogens with zero attached hydrogens (tertiary/aromatic N) is 4. The van der Waals surface area contributed by atoms with Crippen LogP contribution in [0.15, 0.2) is 6.33 Å². The fraction of sp³-hybridized carbons (Fsp3) is 0.867. The quantitative estimate of drug-likeness (QED) is 0.823. The van der Waals surface area contributed by atoms with E-state index < -0.39 is 0 Å². The molecule has 2 fully saturated rings. The molecule has 1 aliphatic carbocycles. The summed E-state index contributed by atoms with van der Waals surface area (Å²) in [5.74, 6) is 1.73. The molecule has 0 bridgehead atoms. The lowest BCUT2D eigenvalue weighted by Crippen LogP contribution is -2.38. The second-order valence-corrected chi connectivity index (χ2v) is 6.70. The van der Waals surface area contributed by atoms with Gasteiger partial charge in [-0.3, -0.25) is 4.90 Å². The van der Waals surface area contributed by atoms with Gasteiger partial charge in [0.15, 0.2) is 0 Å². The second kappa shape index (κ2) is 6.22. The van der Waals surface area contributed by atoms with Crippen LogP contribution >= 0.6 is 0 Å². The lowest BCUT2D eigenvalue weighted by molar-refractivity contribution is 0.227. The highest BCUT2D eigenvalue weighted by Crippen LogP contribution is 2.22. The van der Waals surface area contributed by atoms with Gasteiger partial charge in [0.1, 0.15) is 12.2 Å². The Labute approximate surface area is 121 Å². The second-order valence-electron chi connectivity index (χ2n) is 6.70. The van der Waals surface area contributed by atoms with Crippen LogP contribution in [0.5, 0.6) is 0 Å². The van der Waals surface area contributed by atoms with Gasteiger partial charge in [-0.15, -0.1) is 0 Å². The van der Waals surface area contributed by atoms with Crippen molar-refractivity contribution in [2.24, 2.45) is 5.92 Å². The highest BCUT2D eigenvalue weighted by molar-refractivity contribution is 4.91. The van der Waals surface area contributed by atoms with Gasteiger partial charge < -0.3 is 5.32 Å². The Morgan fingerprint density at radius 1 is 1.35 bits per heavy atom. The predicted octanol–water partition coefficient (Wildman–Crippen LogP) is 1.65. The van der Waals surface area contributed by atoms with Crippen LogP contribution in [0.2, 0.25) is 0 Å². The summed E-state index contributed by atoms with van der Waals surface area (Å²) in [7, 11) is 0. The number of aromatic nitrogens is 3. The van der Waals surface area contributed by atoms with Crippen LogP contribution in [0.25, 0.3) is 0 Å². The highest BCUT2D eigenvalue weighted by Gasteiger charge is 2.28. The molecule has 1 atom stereocenters. The third-order valence-corrected chi connectivity index (χ3v) is 4.30. The smallest absolute Gasteiger partial charge is 0.141 e. The van der Waals surface area contributed by atoms with E-state index in [1.165, 1.54) is 32.2 Å². The average molecular weight is 277 g/mol. The lowest BCUT2D eigenvalue weighted by atomic mass is 10.2. The first-order chi connectivity index (χ1) is 9.72. The molecule has 5 nitrogen and oxygen atoms in total. The first kappa shape index (κ1) is 14.0. The van der Waals surface area contributed by atoms with Crippen molar-refractivity contribution in [1.82, 2.24) is 25.0 Å². The van der Waals surface area contributed by atoms with Crippen LogP contribution in [0, 0.1) is 5.92 Å². The maximum atomic E-state index is 4.46. The molecule has 112 valence electrons. The predicted molar refractivity (Wildman–Crippen MR) is 79.3 cm³/mol. The number of rotatable bonds is 7. The normalized spacial score (nSPS) is 23.9. The monoisotopic (exact) mass is 277 g/mol. The summed E-state index contributed by atoms with van der Waals surface area (Å²) >= 11 is 0. The molecular formula is C15H27N5. The highest BCUT2D eigenvalue weighted by atomic mass is 15.4. The fourth-order valence-electron chi connectivity index (χ4n) is 3.02. The van der Waals surface area contributed by atoms with Crippen molar-refractivity contribution in [2.45, 2.75) is 64.7 Å². The zero-order chi connectivity index (χ0) is 13.9. The molecule has 1 unspecified atom stereocenters. The Morgan fingerprint density at radius 3 is 2.95 bits per heavy atom. The van der Waals surface area contributed by atoms with E-state index >= 15 is 0 Å². The van der Waals surface area contributed by atoms with E-state index in [4.69, 9.17) is 0 Å². The molecule has 20 heavy (non-hydrogen) atoms. The fourth-order valence-corrected chi connectivity index (χ4v) is 3.02. The summed E-state index contributed by atoms with van der Waals surface area (Å²) in [6.45, 7) is 8.71. The van der Waals surface area contributed by atoms with Gasteiger partial charge in [-0.05, 0) is 38.1 Å². The summed E-state index contributed by atoms with van der Waals surface area (Å²) < 4.78 is 2.08. The van der Waals surface area contributed by atoms with Gasteiger partial charge in [0.25, 0.3) is 0 Å². The van der Waals surface area contributed by atoms with E-state index in [0.717, 1.165) is 31.5 Å². The van der Waals surface area contributed by atoms with E-state index in [2.05, 4.69) is 38.8 Å². The standard InChI is InChI=1S/C15H27N5/c1-12(2)9-20-15(17-11-18-20)10-19-7-3-4-14(19)8-16-13-5-6-13/h11-14,16H,3-10H2,1-2H3. The molecule has 0 radical (unpaired) electrons. The Hall–Kier alpha value is -0.940. The molecule has 1 saturated carbocycles. The van der Waals surface area contributed by atoms with Gasteiger partial charge >= 0.3 is 0 Å². The third kappa shape index (κ3) is 3.58. The summed E-state index contributed by atoms with van der Waals surface area (Å²) in [6.07, 6.45) is 7.07. The molecule has 1 aliphatic heterocycles. The first-order valence-electron chi connectivity index (χ1n) is 8.06. The van der Waals surface area contributed by atoms with Gasteiger partial charge in [-0.25, -0.2) is 9.67 Å². The number of nitrogens with one attached hydrogen (secondary N) is 1. The molecule has 5 heteroatoms. The Bertz CT molecular complexity index is 424.